The van der Waals surface area contributed by atoms with Crippen molar-refractivity contribution in [2.75, 3.05) is 19.6 Å². The fourth-order valence-corrected chi connectivity index (χ4v) is 3.18. The molecule has 1 heterocycles. The van der Waals surface area contributed by atoms with Crippen LogP contribution in [0.15, 0.2) is 59.4 Å². The molecule has 1 amide bonds. The van der Waals surface area contributed by atoms with Crippen molar-refractivity contribution in [3.63, 3.8) is 0 Å². The van der Waals surface area contributed by atoms with E-state index >= 15 is 0 Å². The SMILES string of the molecule is Cn1c(=O)n(CC(=O)N(CCN)CCc2ccccc2)c2ccccc21. The normalized spacial score (nSPS) is 11.0. The molecule has 0 radical (unpaired) electrons. The molecule has 0 fully saturated rings. The number of carbonyl (C=O) groups excluding carboxylic acids is 1. The number of para-hydroxylation sites is 2. The van der Waals surface area contributed by atoms with Gasteiger partial charge in [0, 0.05) is 26.7 Å². The fourth-order valence-electron chi connectivity index (χ4n) is 3.18. The molecule has 2 aromatic carbocycles. The van der Waals surface area contributed by atoms with Crippen LogP contribution in [0.5, 0.6) is 0 Å². The van der Waals surface area contributed by atoms with Gasteiger partial charge in [0.05, 0.1) is 11.0 Å². The molecule has 0 saturated heterocycles. The Morgan fingerprint density at radius 2 is 1.65 bits per heavy atom. The van der Waals surface area contributed by atoms with E-state index in [0.29, 0.717) is 19.6 Å². The summed E-state index contributed by atoms with van der Waals surface area (Å²) in [5, 5.41) is 0. The zero-order chi connectivity index (χ0) is 18.5. The number of fused-ring (bicyclic) bond motifs is 1. The maximum atomic E-state index is 12.8. The lowest BCUT2D eigenvalue weighted by Crippen LogP contribution is -2.40. The monoisotopic (exact) mass is 352 g/mol. The number of hydrogen-bond acceptors (Lipinski definition) is 3. The summed E-state index contributed by atoms with van der Waals surface area (Å²) in [6, 6.07) is 17.5. The summed E-state index contributed by atoms with van der Waals surface area (Å²) in [7, 11) is 1.72. The van der Waals surface area contributed by atoms with Crippen LogP contribution in [0.2, 0.25) is 0 Å². The third-order valence-electron chi connectivity index (χ3n) is 4.61. The lowest BCUT2D eigenvalue weighted by molar-refractivity contribution is -0.131. The molecule has 0 unspecified atom stereocenters. The molecule has 0 spiro atoms. The van der Waals surface area contributed by atoms with E-state index in [4.69, 9.17) is 5.73 Å². The number of hydrogen-bond donors (Lipinski definition) is 1. The first-order valence-electron chi connectivity index (χ1n) is 8.78. The van der Waals surface area contributed by atoms with Gasteiger partial charge < -0.3 is 10.6 Å². The Hall–Kier alpha value is -2.86. The molecule has 6 heteroatoms. The highest BCUT2D eigenvalue weighted by molar-refractivity contribution is 5.81. The van der Waals surface area contributed by atoms with Crippen LogP contribution in [0.4, 0.5) is 0 Å². The van der Waals surface area contributed by atoms with Crippen molar-refractivity contribution >= 4 is 16.9 Å². The Morgan fingerprint density at radius 3 is 2.35 bits per heavy atom. The number of benzene rings is 2. The van der Waals surface area contributed by atoms with Gasteiger partial charge in [0.15, 0.2) is 0 Å². The van der Waals surface area contributed by atoms with E-state index in [9.17, 15) is 9.59 Å². The first kappa shape index (κ1) is 17.9. The topological polar surface area (TPSA) is 73.3 Å². The van der Waals surface area contributed by atoms with Crippen molar-refractivity contribution in [1.82, 2.24) is 14.0 Å². The molecular formula is C20H24N4O2. The first-order valence-corrected chi connectivity index (χ1v) is 8.78. The Labute approximate surface area is 152 Å². The largest absolute Gasteiger partial charge is 0.340 e. The van der Waals surface area contributed by atoms with Crippen LogP contribution in [0.1, 0.15) is 5.56 Å². The molecule has 0 saturated carbocycles. The molecule has 136 valence electrons. The molecule has 2 N–H and O–H groups in total. The number of aromatic nitrogens is 2. The Balaban J connectivity index is 1.78. The summed E-state index contributed by atoms with van der Waals surface area (Å²) < 4.78 is 3.10. The third kappa shape index (κ3) is 3.70. The van der Waals surface area contributed by atoms with Crippen molar-refractivity contribution in [2.24, 2.45) is 12.8 Å². The van der Waals surface area contributed by atoms with Gasteiger partial charge in [-0.2, -0.15) is 0 Å². The number of rotatable bonds is 7. The summed E-state index contributed by atoms with van der Waals surface area (Å²) in [6.45, 7) is 1.48. The van der Waals surface area contributed by atoms with Crippen molar-refractivity contribution in [3.05, 3.63) is 70.6 Å². The first-order chi connectivity index (χ1) is 12.6. The average molecular weight is 352 g/mol. The highest BCUT2D eigenvalue weighted by Crippen LogP contribution is 2.12. The smallest absolute Gasteiger partial charge is 0.329 e. The standard InChI is InChI=1S/C20H24N4O2/c1-22-17-9-5-6-10-18(17)24(20(22)26)15-19(25)23(14-12-21)13-11-16-7-3-2-4-8-16/h2-10H,11-15,21H2,1H3. The lowest BCUT2D eigenvalue weighted by atomic mass is 10.1. The number of imidazole rings is 1. The summed E-state index contributed by atoms with van der Waals surface area (Å²) in [5.74, 6) is -0.0927. The molecule has 0 aliphatic rings. The van der Waals surface area contributed by atoms with E-state index < -0.39 is 0 Å². The van der Waals surface area contributed by atoms with E-state index in [1.165, 1.54) is 10.1 Å². The Morgan fingerprint density at radius 1 is 1.00 bits per heavy atom. The quantitative estimate of drug-likeness (QED) is 0.698. The van der Waals surface area contributed by atoms with Gasteiger partial charge in [-0.1, -0.05) is 42.5 Å². The summed E-state index contributed by atoms with van der Waals surface area (Å²) in [4.78, 5) is 27.1. The average Bonchev–Trinajstić information content (AvgIpc) is 2.91. The molecule has 3 aromatic rings. The Bertz CT molecular complexity index is 943. The van der Waals surface area contributed by atoms with Gasteiger partial charge >= 0.3 is 5.69 Å². The second-order valence-electron chi connectivity index (χ2n) is 6.32. The van der Waals surface area contributed by atoms with E-state index in [0.717, 1.165) is 17.5 Å². The minimum Gasteiger partial charge on any atom is -0.340 e. The summed E-state index contributed by atoms with van der Waals surface area (Å²) in [6.07, 6.45) is 0.761. The van der Waals surface area contributed by atoms with Crippen LogP contribution >= 0.6 is 0 Å². The van der Waals surface area contributed by atoms with Crippen molar-refractivity contribution in [3.8, 4) is 0 Å². The number of carbonyl (C=O) groups is 1. The number of amides is 1. The van der Waals surface area contributed by atoms with Crippen LogP contribution in [0, 0.1) is 0 Å². The van der Waals surface area contributed by atoms with Crippen molar-refractivity contribution < 1.29 is 4.79 Å². The van der Waals surface area contributed by atoms with Crippen LogP contribution in [0.3, 0.4) is 0 Å². The van der Waals surface area contributed by atoms with Gasteiger partial charge in [0.1, 0.15) is 6.54 Å². The molecule has 0 atom stereocenters. The van der Waals surface area contributed by atoms with Gasteiger partial charge in [0.2, 0.25) is 5.91 Å². The molecule has 1 aromatic heterocycles. The van der Waals surface area contributed by atoms with Gasteiger partial charge in [0.25, 0.3) is 0 Å². The summed E-state index contributed by atoms with van der Waals surface area (Å²) in [5.41, 5.74) is 8.26. The number of aryl methyl sites for hydroxylation is 1. The predicted octanol–water partition coefficient (Wildman–Crippen LogP) is 1.37. The highest BCUT2D eigenvalue weighted by atomic mass is 16.2. The van der Waals surface area contributed by atoms with Crippen LogP contribution < -0.4 is 11.4 Å². The highest BCUT2D eigenvalue weighted by Gasteiger charge is 2.17. The van der Waals surface area contributed by atoms with Gasteiger partial charge in [-0.25, -0.2) is 4.79 Å². The number of nitrogens with zero attached hydrogens (tertiary/aromatic N) is 3. The molecule has 0 aliphatic heterocycles. The third-order valence-corrected chi connectivity index (χ3v) is 4.61. The van der Waals surface area contributed by atoms with E-state index in [1.807, 2.05) is 54.6 Å². The van der Waals surface area contributed by atoms with Gasteiger partial charge in [-0.05, 0) is 24.1 Å². The minimum absolute atomic E-state index is 0.0228. The van der Waals surface area contributed by atoms with Crippen LogP contribution in [-0.4, -0.2) is 39.6 Å². The molecule has 0 bridgehead atoms. The van der Waals surface area contributed by atoms with E-state index in [-0.39, 0.29) is 18.1 Å². The van der Waals surface area contributed by atoms with Crippen molar-refractivity contribution in [1.29, 1.82) is 0 Å². The Kier molecular flexibility index (Phi) is 5.53. The molecule has 6 nitrogen and oxygen atoms in total. The van der Waals surface area contributed by atoms with Crippen LogP contribution in [0.25, 0.3) is 11.0 Å². The maximum absolute atomic E-state index is 12.8. The maximum Gasteiger partial charge on any atom is 0.329 e. The zero-order valence-corrected chi connectivity index (χ0v) is 15.0. The van der Waals surface area contributed by atoms with Gasteiger partial charge in [-0.3, -0.25) is 13.9 Å². The second-order valence-corrected chi connectivity index (χ2v) is 6.32. The van der Waals surface area contributed by atoms with E-state index in [2.05, 4.69) is 0 Å². The lowest BCUT2D eigenvalue weighted by Gasteiger charge is -2.22. The number of nitrogens with two attached hydrogens (primary N) is 1. The van der Waals surface area contributed by atoms with Gasteiger partial charge in [-0.15, -0.1) is 0 Å². The van der Waals surface area contributed by atoms with E-state index in [1.54, 1.807) is 16.5 Å². The molecular weight excluding hydrogens is 328 g/mol. The zero-order valence-electron chi connectivity index (χ0n) is 15.0. The minimum atomic E-state index is -0.185. The molecule has 0 aliphatic carbocycles. The molecule has 26 heavy (non-hydrogen) atoms. The van der Waals surface area contributed by atoms with Crippen LogP contribution in [-0.2, 0) is 24.8 Å². The fraction of sp³-hybridized carbons (Fsp3) is 0.300. The predicted molar refractivity (Wildman–Crippen MR) is 103 cm³/mol. The summed E-state index contributed by atoms with van der Waals surface area (Å²) >= 11 is 0. The van der Waals surface area contributed by atoms with Crippen molar-refractivity contribution in [2.45, 2.75) is 13.0 Å². The second kappa shape index (κ2) is 8.01. The molecule has 3 rings (SSSR count).